The topological polar surface area (TPSA) is 35.2 Å². The molecule has 2 nitrogen and oxygen atoms in total. The van der Waals surface area contributed by atoms with E-state index in [0.717, 1.165) is 5.56 Å². The van der Waals surface area contributed by atoms with Crippen LogP contribution in [-0.4, -0.2) is 6.10 Å². The summed E-state index contributed by atoms with van der Waals surface area (Å²) in [7, 11) is 0. The zero-order valence-corrected chi connectivity index (χ0v) is 10.6. The van der Waals surface area contributed by atoms with E-state index < -0.39 is 0 Å². The van der Waals surface area contributed by atoms with Crippen molar-refractivity contribution >= 4 is 0 Å². The summed E-state index contributed by atoms with van der Waals surface area (Å²) in [5.41, 5.74) is 8.46. The third-order valence-electron chi connectivity index (χ3n) is 3.05. The SMILES string of the molecule is C[C@H](OCc1ccccc1)[C@@H](N)c1ccccc1. The minimum absolute atomic E-state index is 0.00685. The lowest BCUT2D eigenvalue weighted by atomic mass is 10.0. The maximum Gasteiger partial charge on any atom is 0.0744 e. The molecule has 0 spiro atoms. The molecule has 2 aromatic carbocycles. The van der Waals surface area contributed by atoms with Gasteiger partial charge in [0.25, 0.3) is 0 Å². The third kappa shape index (κ3) is 3.42. The summed E-state index contributed by atoms with van der Waals surface area (Å²) in [4.78, 5) is 0. The first-order valence-electron chi connectivity index (χ1n) is 6.23. The van der Waals surface area contributed by atoms with Crippen molar-refractivity contribution in [3.8, 4) is 0 Å². The highest BCUT2D eigenvalue weighted by atomic mass is 16.5. The van der Waals surface area contributed by atoms with E-state index in [0.29, 0.717) is 6.61 Å². The molecule has 0 saturated heterocycles. The lowest BCUT2D eigenvalue weighted by Crippen LogP contribution is -2.26. The number of rotatable bonds is 5. The van der Waals surface area contributed by atoms with Gasteiger partial charge in [0.15, 0.2) is 0 Å². The fourth-order valence-electron chi connectivity index (χ4n) is 1.85. The average Bonchev–Trinajstić information content (AvgIpc) is 2.46. The molecule has 2 atom stereocenters. The number of hydrogen-bond donors (Lipinski definition) is 1. The van der Waals surface area contributed by atoms with Crippen molar-refractivity contribution in [2.45, 2.75) is 25.7 Å². The Balaban J connectivity index is 1.90. The van der Waals surface area contributed by atoms with Gasteiger partial charge in [0.2, 0.25) is 0 Å². The summed E-state index contributed by atoms with van der Waals surface area (Å²) >= 11 is 0. The van der Waals surface area contributed by atoms with Gasteiger partial charge in [-0.05, 0) is 18.1 Å². The van der Waals surface area contributed by atoms with Crippen LogP contribution >= 0.6 is 0 Å². The Hall–Kier alpha value is -1.64. The lowest BCUT2D eigenvalue weighted by Gasteiger charge is -2.21. The molecule has 0 heterocycles. The van der Waals surface area contributed by atoms with Crippen LogP contribution in [0, 0.1) is 0 Å². The highest BCUT2D eigenvalue weighted by Gasteiger charge is 2.14. The van der Waals surface area contributed by atoms with Gasteiger partial charge in [-0.2, -0.15) is 0 Å². The molecular formula is C16H19NO. The minimum Gasteiger partial charge on any atom is -0.372 e. The molecule has 0 radical (unpaired) electrons. The molecule has 0 bridgehead atoms. The molecule has 2 heteroatoms. The summed E-state index contributed by atoms with van der Waals surface area (Å²) in [5, 5.41) is 0. The van der Waals surface area contributed by atoms with Crippen molar-refractivity contribution in [3.63, 3.8) is 0 Å². The van der Waals surface area contributed by atoms with E-state index in [1.165, 1.54) is 5.56 Å². The lowest BCUT2D eigenvalue weighted by molar-refractivity contribution is 0.0357. The Kier molecular flexibility index (Phi) is 4.51. The van der Waals surface area contributed by atoms with Crippen LogP contribution in [0.15, 0.2) is 60.7 Å². The fourth-order valence-corrected chi connectivity index (χ4v) is 1.85. The molecule has 0 aliphatic rings. The second-order valence-electron chi connectivity index (χ2n) is 4.44. The van der Waals surface area contributed by atoms with E-state index in [4.69, 9.17) is 10.5 Å². The van der Waals surface area contributed by atoms with E-state index in [9.17, 15) is 0 Å². The molecule has 2 rings (SSSR count). The van der Waals surface area contributed by atoms with Gasteiger partial charge in [0.1, 0.15) is 0 Å². The van der Waals surface area contributed by atoms with Crippen molar-refractivity contribution < 1.29 is 4.74 Å². The van der Waals surface area contributed by atoms with E-state index in [2.05, 4.69) is 12.1 Å². The van der Waals surface area contributed by atoms with Crippen LogP contribution in [0.2, 0.25) is 0 Å². The Bertz CT molecular complexity index is 455. The molecule has 2 N–H and O–H groups in total. The highest BCUT2D eigenvalue weighted by molar-refractivity contribution is 5.19. The van der Waals surface area contributed by atoms with Crippen LogP contribution in [0.25, 0.3) is 0 Å². The number of ether oxygens (including phenoxy) is 1. The van der Waals surface area contributed by atoms with Crippen molar-refractivity contribution in [2.24, 2.45) is 5.73 Å². The van der Waals surface area contributed by atoms with Gasteiger partial charge in [-0.15, -0.1) is 0 Å². The van der Waals surface area contributed by atoms with E-state index in [-0.39, 0.29) is 12.1 Å². The van der Waals surface area contributed by atoms with Crippen LogP contribution in [0.3, 0.4) is 0 Å². The maximum atomic E-state index is 6.18. The first-order valence-corrected chi connectivity index (χ1v) is 6.23. The van der Waals surface area contributed by atoms with Crippen LogP contribution in [-0.2, 0) is 11.3 Å². The summed E-state index contributed by atoms with van der Waals surface area (Å²) in [6, 6.07) is 20.1. The quantitative estimate of drug-likeness (QED) is 0.871. The smallest absolute Gasteiger partial charge is 0.0744 e. The Morgan fingerprint density at radius 1 is 0.944 bits per heavy atom. The molecule has 0 saturated carbocycles. The zero-order valence-electron chi connectivity index (χ0n) is 10.6. The van der Waals surface area contributed by atoms with E-state index >= 15 is 0 Å². The molecule has 0 aliphatic heterocycles. The summed E-state index contributed by atoms with van der Waals surface area (Å²) in [6.07, 6.45) is -0.00685. The first kappa shape index (κ1) is 12.8. The van der Waals surface area contributed by atoms with Crippen LogP contribution in [0.5, 0.6) is 0 Å². The number of benzene rings is 2. The molecule has 18 heavy (non-hydrogen) atoms. The van der Waals surface area contributed by atoms with E-state index in [1.807, 2.05) is 55.5 Å². The predicted octanol–water partition coefficient (Wildman–Crippen LogP) is 3.29. The van der Waals surface area contributed by atoms with Gasteiger partial charge >= 0.3 is 0 Å². The number of nitrogens with two attached hydrogens (primary N) is 1. The molecule has 94 valence electrons. The zero-order chi connectivity index (χ0) is 12.8. The molecule has 0 unspecified atom stereocenters. The highest BCUT2D eigenvalue weighted by Crippen LogP contribution is 2.17. The summed E-state index contributed by atoms with van der Waals surface area (Å²) in [6.45, 7) is 2.61. The monoisotopic (exact) mass is 241 g/mol. The minimum atomic E-state index is -0.0880. The first-order chi connectivity index (χ1) is 8.77. The van der Waals surface area contributed by atoms with Crippen molar-refractivity contribution in [1.82, 2.24) is 0 Å². The predicted molar refractivity (Wildman–Crippen MR) is 74.1 cm³/mol. The van der Waals surface area contributed by atoms with Crippen molar-refractivity contribution in [1.29, 1.82) is 0 Å². The van der Waals surface area contributed by atoms with Crippen molar-refractivity contribution in [2.75, 3.05) is 0 Å². The Morgan fingerprint density at radius 3 is 2.11 bits per heavy atom. The summed E-state index contributed by atoms with van der Waals surface area (Å²) < 4.78 is 5.82. The van der Waals surface area contributed by atoms with Gasteiger partial charge < -0.3 is 10.5 Å². The molecular weight excluding hydrogens is 222 g/mol. The third-order valence-corrected chi connectivity index (χ3v) is 3.05. The van der Waals surface area contributed by atoms with Gasteiger partial charge in [-0.3, -0.25) is 0 Å². The van der Waals surface area contributed by atoms with Crippen LogP contribution < -0.4 is 5.73 Å². The molecule has 0 aliphatic carbocycles. The largest absolute Gasteiger partial charge is 0.372 e. The van der Waals surface area contributed by atoms with Crippen LogP contribution in [0.1, 0.15) is 24.1 Å². The summed E-state index contributed by atoms with van der Waals surface area (Å²) in [5.74, 6) is 0. The molecule has 0 aromatic heterocycles. The standard InChI is InChI=1S/C16H19NO/c1-13(16(17)15-10-6-3-7-11-15)18-12-14-8-4-2-5-9-14/h2-11,13,16H,12,17H2,1H3/t13-,16+/m0/s1. The molecule has 2 aromatic rings. The van der Waals surface area contributed by atoms with Crippen molar-refractivity contribution in [3.05, 3.63) is 71.8 Å². The fraction of sp³-hybridized carbons (Fsp3) is 0.250. The normalized spacial score (nSPS) is 14.1. The second-order valence-corrected chi connectivity index (χ2v) is 4.44. The van der Waals surface area contributed by atoms with E-state index in [1.54, 1.807) is 0 Å². The van der Waals surface area contributed by atoms with Gasteiger partial charge in [0, 0.05) is 0 Å². The molecule has 0 fully saturated rings. The van der Waals surface area contributed by atoms with Gasteiger partial charge in [0.05, 0.1) is 18.8 Å². The number of hydrogen-bond acceptors (Lipinski definition) is 2. The van der Waals surface area contributed by atoms with Gasteiger partial charge in [-0.1, -0.05) is 60.7 Å². The maximum absolute atomic E-state index is 6.18. The molecule has 0 amide bonds. The Morgan fingerprint density at radius 2 is 1.50 bits per heavy atom. The van der Waals surface area contributed by atoms with Gasteiger partial charge in [-0.25, -0.2) is 0 Å². The average molecular weight is 241 g/mol. The van der Waals surface area contributed by atoms with Crippen LogP contribution in [0.4, 0.5) is 0 Å². The Labute approximate surface area is 108 Å². The second kappa shape index (κ2) is 6.34.